The summed E-state index contributed by atoms with van der Waals surface area (Å²) in [4.78, 5) is 0. The first-order valence-corrected chi connectivity index (χ1v) is 3.38. The zero-order valence-electron chi connectivity index (χ0n) is 7.18. The Morgan fingerprint density at radius 3 is 2.09 bits per heavy atom. The van der Waals surface area contributed by atoms with Gasteiger partial charge in [-0.2, -0.15) is 5.26 Å². The molecule has 2 heteroatoms. The number of nitriles is 1. The van der Waals surface area contributed by atoms with E-state index in [9.17, 15) is 0 Å². The molecular weight excluding hydrogens is 138 g/mol. The van der Waals surface area contributed by atoms with Gasteiger partial charge in [0.2, 0.25) is 0 Å². The fourth-order valence-electron chi connectivity index (χ4n) is 0.613. The van der Waals surface area contributed by atoms with Crippen LogP contribution in [-0.4, -0.2) is 5.11 Å². The maximum absolute atomic E-state index is 8.89. The largest absolute Gasteiger partial charge is 0.507 e. The predicted octanol–water partition coefficient (Wildman–Crippen LogP) is 2.55. The smallest absolute Gasteiger partial charge is 0.125 e. The number of nitrogens with zero attached hydrogens (tertiary/aromatic N) is 1. The summed E-state index contributed by atoms with van der Waals surface area (Å²) < 4.78 is 0. The van der Waals surface area contributed by atoms with Gasteiger partial charge in [0.25, 0.3) is 0 Å². The minimum atomic E-state index is -0.164. The lowest BCUT2D eigenvalue weighted by Crippen LogP contribution is -2.01. The molecule has 0 heterocycles. The Labute approximate surface area is 67.5 Å². The number of hydrogen-bond acceptors (Lipinski definition) is 2. The van der Waals surface area contributed by atoms with Crippen LogP contribution in [0.5, 0.6) is 0 Å². The molecule has 0 radical (unpaired) electrons. The third-order valence-electron chi connectivity index (χ3n) is 1.01. The molecule has 0 saturated carbocycles. The second-order valence-electron chi connectivity index (χ2n) is 3.48. The van der Waals surface area contributed by atoms with Crippen LogP contribution in [0.4, 0.5) is 0 Å². The van der Waals surface area contributed by atoms with Crippen LogP contribution >= 0.6 is 0 Å². The van der Waals surface area contributed by atoms with Crippen molar-refractivity contribution in [2.24, 2.45) is 5.41 Å². The first kappa shape index (κ1) is 9.77. The van der Waals surface area contributed by atoms with Gasteiger partial charge in [-0.15, -0.1) is 0 Å². The summed E-state index contributed by atoms with van der Waals surface area (Å²) >= 11 is 0. The van der Waals surface area contributed by atoms with Gasteiger partial charge >= 0.3 is 0 Å². The Bertz CT molecular complexity index is 225. The molecule has 0 aromatic rings. The molecule has 0 aromatic heterocycles. The van der Waals surface area contributed by atoms with Gasteiger partial charge in [-0.05, 0) is 5.41 Å². The second-order valence-corrected chi connectivity index (χ2v) is 3.48. The molecule has 0 spiro atoms. The van der Waals surface area contributed by atoms with E-state index in [0.29, 0.717) is 0 Å². The number of aliphatic hydroxyl groups excluding tert-OH is 1. The molecule has 0 rings (SSSR count). The molecule has 0 saturated heterocycles. The summed E-state index contributed by atoms with van der Waals surface area (Å²) in [5, 5.41) is 17.4. The maximum atomic E-state index is 8.89. The summed E-state index contributed by atoms with van der Waals surface area (Å²) in [6, 6.07) is 1.87. The van der Waals surface area contributed by atoms with E-state index in [0.717, 1.165) is 0 Å². The maximum Gasteiger partial charge on any atom is 0.125 e. The summed E-state index contributed by atoms with van der Waals surface area (Å²) in [6.45, 7) is 9.13. The van der Waals surface area contributed by atoms with Gasteiger partial charge in [0.1, 0.15) is 11.8 Å². The molecule has 0 aliphatic carbocycles. The average molecular weight is 151 g/mol. The lowest BCUT2D eigenvalue weighted by Gasteiger charge is -2.12. The minimum Gasteiger partial charge on any atom is -0.507 e. The number of hydrogen-bond donors (Lipinski definition) is 1. The fraction of sp³-hybridized carbons (Fsp3) is 0.444. The van der Waals surface area contributed by atoms with Gasteiger partial charge in [0.05, 0.1) is 5.57 Å². The highest BCUT2D eigenvalue weighted by Crippen LogP contribution is 2.19. The van der Waals surface area contributed by atoms with E-state index in [2.05, 4.69) is 6.58 Å². The van der Waals surface area contributed by atoms with Gasteiger partial charge in [-0.25, -0.2) is 0 Å². The van der Waals surface area contributed by atoms with Crippen molar-refractivity contribution in [3.05, 3.63) is 24.0 Å². The van der Waals surface area contributed by atoms with Crippen molar-refractivity contribution in [3.63, 3.8) is 0 Å². The zero-order valence-corrected chi connectivity index (χ0v) is 7.18. The molecule has 0 aromatic carbocycles. The lowest BCUT2D eigenvalue weighted by molar-refractivity contribution is 0.425. The topological polar surface area (TPSA) is 44.0 Å². The van der Waals surface area contributed by atoms with Gasteiger partial charge < -0.3 is 5.11 Å². The lowest BCUT2D eigenvalue weighted by atomic mass is 9.93. The Kier molecular flexibility index (Phi) is 2.88. The fourth-order valence-corrected chi connectivity index (χ4v) is 0.613. The van der Waals surface area contributed by atoms with Gasteiger partial charge in [0, 0.05) is 0 Å². The van der Waals surface area contributed by atoms with Crippen LogP contribution in [0, 0.1) is 16.7 Å². The summed E-state index contributed by atoms with van der Waals surface area (Å²) in [6.07, 6.45) is 1.69. The van der Waals surface area contributed by atoms with E-state index in [-0.39, 0.29) is 16.7 Å². The molecule has 0 fully saturated rings. The highest BCUT2D eigenvalue weighted by atomic mass is 16.3. The molecule has 0 atom stereocenters. The molecule has 0 unspecified atom stereocenters. The van der Waals surface area contributed by atoms with E-state index in [1.54, 1.807) is 6.08 Å². The first-order chi connectivity index (χ1) is 4.87. The van der Waals surface area contributed by atoms with Crippen LogP contribution in [0.25, 0.3) is 0 Å². The van der Waals surface area contributed by atoms with E-state index >= 15 is 0 Å². The summed E-state index contributed by atoms with van der Waals surface area (Å²) in [7, 11) is 0. The van der Waals surface area contributed by atoms with Crippen LogP contribution in [0.2, 0.25) is 0 Å². The van der Waals surface area contributed by atoms with Crippen molar-refractivity contribution in [2.45, 2.75) is 20.8 Å². The first-order valence-electron chi connectivity index (χ1n) is 3.38. The SMILES string of the molecule is C=C(O)/C(C#N)=C/C(C)(C)C. The molecule has 0 aliphatic rings. The molecule has 0 bridgehead atoms. The third-order valence-corrected chi connectivity index (χ3v) is 1.01. The van der Waals surface area contributed by atoms with Crippen LogP contribution < -0.4 is 0 Å². The Morgan fingerprint density at radius 2 is 2.00 bits per heavy atom. The van der Waals surface area contributed by atoms with Crippen LogP contribution in [0.3, 0.4) is 0 Å². The zero-order chi connectivity index (χ0) is 9.07. The van der Waals surface area contributed by atoms with E-state index in [1.165, 1.54) is 0 Å². The second kappa shape index (κ2) is 3.25. The molecule has 0 amide bonds. The number of rotatable bonds is 1. The summed E-state index contributed by atoms with van der Waals surface area (Å²) in [5.41, 5.74) is 0.147. The molecule has 60 valence electrons. The number of allylic oxidation sites excluding steroid dienone is 2. The van der Waals surface area contributed by atoms with Crippen LogP contribution in [0.15, 0.2) is 24.0 Å². The van der Waals surface area contributed by atoms with Crippen molar-refractivity contribution in [1.82, 2.24) is 0 Å². The molecule has 1 N–H and O–H groups in total. The third kappa shape index (κ3) is 4.21. The van der Waals surface area contributed by atoms with E-state index in [4.69, 9.17) is 10.4 Å². The molecule has 2 nitrogen and oxygen atoms in total. The average Bonchev–Trinajstić information content (AvgIpc) is 1.80. The van der Waals surface area contributed by atoms with Crippen molar-refractivity contribution in [1.29, 1.82) is 5.26 Å². The molecule has 11 heavy (non-hydrogen) atoms. The van der Waals surface area contributed by atoms with Gasteiger partial charge in [-0.3, -0.25) is 0 Å². The molecule has 0 aliphatic heterocycles. The standard InChI is InChI=1S/C9H13NO/c1-7(11)8(6-10)5-9(2,3)4/h5,11H,1H2,2-4H3/b8-5+. The van der Waals surface area contributed by atoms with Crippen LogP contribution in [0.1, 0.15) is 20.8 Å². The van der Waals surface area contributed by atoms with Crippen molar-refractivity contribution >= 4 is 0 Å². The van der Waals surface area contributed by atoms with Gasteiger partial charge in [-0.1, -0.05) is 33.4 Å². The number of aliphatic hydroxyl groups is 1. The Hall–Kier alpha value is -1.23. The van der Waals surface area contributed by atoms with Crippen molar-refractivity contribution in [3.8, 4) is 6.07 Å². The van der Waals surface area contributed by atoms with Crippen molar-refractivity contribution < 1.29 is 5.11 Å². The Balaban J connectivity index is 4.68. The normalized spacial score (nSPS) is 12.4. The minimum absolute atomic E-state index is 0.100. The van der Waals surface area contributed by atoms with E-state index < -0.39 is 0 Å². The van der Waals surface area contributed by atoms with E-state index in [1.807, 2.05) is 26.8 Å². The predicted molar refractivity (Wildman–Crippen MR) is 44.9 cm³/mol. The highest BCUT2D eigenvalue weighted by Gasteiger charge is 2.09. The van der Waals surface area contributed by atoms with Crippen LogP contribution in [-0.2, 0) is 0 Å². The highest BCUT2D eigenvalue weighted by molar-refractivity contribution is 5.36. The summed E-state index contributed by atoms with van der Waals surface area (Å²) in [5.74, 6) is -0.164. The van der Waals surface area contributed by atoms with Crippen molar-refractivity contribution in [2.75, 3.05) is 0 Å². The molecular formula is C9H13NO. The quantitative estimate of drug-likeness (QED) is 0.355. The Morgan fingerprint density at radius 1 is 1.55 bits per heavy atom. The van der Waals surface area contributed by atoms with Gasteiger partial charge in [0.15, 0.2) is 0 Å². The monoisotopic (exact) mass is 151 g/mol.